The van der Waals surface area contributed by atoms with Gasteiger partial charge in [0.2, 0.25) is 10.0 Å². The van der Waals surface area contributed by atoms with E-state index in [-0.39, 0.29) is 23.3 Å². The van der Waals surface area contributed by atoms with Gasteiger partial charge < -0.3 is 19.7 Å². The lowest BCUT2D eigenvalue weighted by Gasteiger charge is -2.20. The Morgan fingerprint density at radius 1 is 1.09 bits per heavy atom. The number of sulfonamides is 1. The summed E-state index contributed by atoms with van der Waals surface area (Å²) >= 11 is 0. The summed E-state index contributed by atoms with van der Waals surface area (Å²) in [6, 6.07) is 9.67. The van der Waals surface area contributed by atoms with Crippen LogP contribution in [0.3, 0.4) is 0 Å². The summed E-state index contributed by atoms with van der Waals surface area (Å²) in [7, 11) is -0.597. The maximum Gasteiger partial charge on any atom is 0.258 e. The number of methoxy groups -OCH3 is 1. The number of carbonyl (C=O) groups excluding carboxylic acids is 2. The molecule has 33 heavy (non-hydrogen) atoms. The van der Waals surface area contributed by atoms with Gasteiger partial charge in [-0.05, 0) is 48.4 Å². The Hall–Kier alpha value is -3.11. The van der Waals surface area contributed by atoms with Gasteiger partial charge in [-0.25, -0.2) is 8.42 Å². The van der Waals surface area contributed by atoms with Gasteiger partial charge in [0.25, 0.3) is 11.8 Å². The number of nitrogens with one attached hydrogen (secondary N) is 1. The number of amides is 2. The number of hydrogen-bond acceptors (Lipinski definition) is 6. The van der Waals surface area contributed by atoms with E-state index in [4.69, 9.17) is 9.47 Å². The molecular weight excluding hydrogens is 446 g/mol. The first-order chi connectivity index (χ1) is 15.8. The van der Waals surface area contributed by atoms with Gasteiger partial charge in [-0.15, -0.1) is 0 Å². The average Bonchev–Trinajstić information content (AvgIpc) is 3.25. The van der Waals surface area contributed by atoms with Crippen LogP contribution in [0.4, 0.5) is 5.69 Å². The second-order valence-corrected chi connectivity index (χ2v) is 9.35. The van der Waals surface area contributed by atoms with Gasteiger partial charge in [-0.3, -0.25) is 9.59 Å². The van der Waals surface area contributed by atoms with Crippen molar-refractivity contribution in [3.63, 3.8) is 0 Å². The normalized spacial score (nSPS) is 13.1. The quantitative estimate of drug-likeness (QED) is 0.595. The van der Waals surface area contributed by atoms with Crippen molar-refractivity contribution < 1.29 is 27.5 Å². The predicted molar refractivity (Wildman–Crippen MR) is 124 cm³/mol. The van der Waals surface area contributed by atoms with Crippen LogP contribution in [-0.2, 0) is 21.2 Å². The molecule has 0 radical (unpaired) electrons. The number of ether oxygens (including phenoxy) is 2. The summed E-state index contributed by atoms with van der Waals surface area (Å²) in [5, 5.41) is 2.47. The molecule has 0 unspecified atom stereocenters. The van der Waals surface area contributed by atoms with Crippen LogP contribution in [0.2, 0.25) is 0 Å². The van der Waals surface area contributed by atoms with Crippen molar-refractivity contribution >= 4 is 27.5 Å². The van der Waals surface area contributed by atoms with Gasteiger partial charge in [-0.2, -0.15) is 4.31 Å². The molecule has 2 aromatic rings. The van der Waals surface area contributed by atoms with E-state index in [0.29, 0.717) is 48.8 Å². The van der Waals surface area contributed by atoms with E-state index in [1.54, 1.807) is 55.1 Å². The third-order valence-electron chi connectivity index (χ3n) is 5.58. The second-order valence-electron chi connectivity index (χ2n) is 7.41. The largest absolute Gasteiger partial charge is 0.493 e. The highest BCUT2D eigenvalue weighted by Crippen LogP contribution is 2.34. The van der Waals surface area contributed by atoms with Crippen molar-refractivity contribution in [2.24, 2.45) is 0 Å². The van der Waals surface area contributed by atoms with E-state index < -0.39 is 10.0 Å². The molecule has 0 aromatic heterocycles. The molecule has 10 heteroatoms. The fraction of sp³-hybridized carbons (Fsp3) is 0.391. The van der Waals surface area contributed by atoms with Crippen LogP contribution < -0.4 is 19.7 Å². The highest BCUT2D eigenvalue weighted by atomic mass is 32.2. The first kappa shape index (κ1) is 24.5. The Morgan fingerprint density at radius 2 is 1.82 bits per heavy atom. The molecule has 178 valence electrons. The van der Waals surface area contributed by atoms with E-state index in [0.717, 1.165) is 5.56 Å². The molecule has 0 bridgehead atoms. The number of nitrogens with zero attached hydrogens (tertiary/aromatic N) is 2. The van der Waals surface area contributed by atoms with Crippen LogP contribution in [0, 0.1) is 0 Å². The van der Waals surface area contributed by atoms with Crippen LogP contribution in [0.15, 0.2) is 41.3 Å². The highest BCUT2D eigenvalue weighted by molar-refractivity contribution is 7.89. The van der Waals surface area contributed by atoms with Gasteiger partial charge in [0.05, 0.1) is 12.0 Å². The Morgan fingerprint density at radius 3 is 2.45 bits per heavy atom. The van der Waals surface area contributed by atoms with Crippen LogP contribution in [0.1, 0.15) is 29.8 Å². The molecule has 2 aromatic carbocycles. The molecular formula is C23H29N3O6S. The maximum absolute atomic E-state index is 13.2. The Bertz CT molecular complexity index is 1140. The SMILES string of the molecule is CCN(CC)S(=O)(=O)c1ccc2c(c1)CCN2C(=O)c1ccc(OCC(=O)NC)c(OC)c1. The van der Waals surface area contributed by atoms with Crippen LogP contribution >= 0.6 is 0 Å². The molecule has 0 saturated carbocycles. The minimum atomic E-state index is -3.57. The molecule has 1 N–H and O–H groups in total. The second kappa shape index (κ2) is 10.2. The lowest BCUT2D eigenvalue weighted by Crippen LogP contribution is -2.30. The van der Waals surface area contributed by atoms with Crippen molar-refractivity contribution in [2.45, 2.75) is 25.2 Å². The molecule has 2 amide bonds. The smallest absolute Gasteiger partial charge is 0.258 e. The van der Waals surface area contributed by atoms with Crippen LogP contribution in [-0.4, -0.2) is 64.9 Å². The standard InChI is InChI=1S/C23H29N3O6S/c1-5-25(6-2)33(29,30)18-8-9-19-16(13-18)11-12-26(19)23(28)17-7-10-20(21(14-17)31-4)32-15-22(27)24-3/h7-10,13-14H,5-6,11-12,15H2,1-4H3,(H,24,27). The number of benzene rings is 2. The summed E-state index contributed by atoms with van der Waals surface area (Å²) in [5.74, 6) is 0.174. The number of likely N-dealkylation sites (N-methyl/N-ethyl adjacent to an activating group) is 1. The maximum atomic E-state index is 13.2. The highest BCUT2D eigenvalue weighted by Gasteiger charge is 2.29. The molecule has 1 aliphatic rings. The van der Waals surface area contributed by atoms with E-state index in [1.165, 1.54) is 18.5 Å². The number of carbonyl (C=O) groups is 2. The summed E-state index contributed by atoms with van der Waals surface area (Å²) in [4.78, 5) is 26.5. The van der Waals surface area contributed by atoms with Gasteiger partial charge in [0, 0.05) is 37.9 Å². The third kappa shape index (κ3) is 4.96. The van der Waals surface area contributed by atoms with Gasteiger partial charge in [0.15, 0.2) is 18.1 Å². The van der Waals surface area contributed by atoms with E-state index in [1.807, 2.05) is 0 Å². The molecule has 0 fully saturated rings. The zero-order chi connectivity index (χ0) is 24.2. The average molecular weight is 476 g/mol. The summed E-state index contributed by atoms with van der Waals surface area (Å²) in [6.07, 6.45) is 0.563. The van der Waals surface area contributed by atoms with E-state index >= 15 is 0 Å². The molecule has 0 spiro atoms. The molecule has 0 saturated heterocycles. The zero-order valence-electron chi connectivity index (χ0n) is 19.3. The van der Waals surface area contributed by atoms with Crippen molar-refractivity contribution in [3.05, 3.63) is 47.5 Å². The Labute approximate surface area is 194 Å². The molecule has 0 aliphatic carbocycles. The minimum absolute atomic E-state index is 0.168. The monoisotopic (exact) mass is 475 g/mol. The fourth-order valence-electron chi connectivity index (χ4n) is 3.75. The van der Waals surface area contributed by atoms with E-state index in [2.05, 4.69) is 5.32 Å². The molecule has 1 aliphatic heterocycles. The number of anilines is 1. The fourth-order valence-corrected chi connectivity index (χ4v) is 5.26. The molecule has 3 rings (SSSR count). The summed E-state index contributed by atoms with van der Waals surface area (Å²) in [5.41, 5.74) is 1.90. The molecule has 9 nitrogen and oxygen atoms in total. The molecule has 0 atom stereocenters. The van der Waals surface area contributed by atoms with Crippen molar-refractivity contribution in [2.75, 3.05) is 45.3 Å². The first-order valence-corrected chi connectivity index (χ1v) is 12.2. The van der Waals surface area contributed by atoms with Crippen LogP contribution in [0.5, 0.6) is 11.5 Å². The van der Waals surface area contributed by atoms with Crippen molar-refractivity contribution in [3.8, 4) is 11.5 Å². The zero-order valence-corrected chi connectivity index (χ0v) is 20.1. The Balaban J connectivity index is 1.84. The predicted octanol–water partition coefficient (Wildman–Crippen LogP) is 2.05. The first-order valence-electron chi connectivity index (χ1n) is 10.7. The molecule has 1 heterocycles. The summed E-state index contributed by atoms with van der Waals surface area (Å²) < 4.78 is 37.9. The van der Waals surface area contributed by atoms with E-state index in [9.17, 15) is 18.0 Å². The lowest BCUT2D eigenvalue weighted by molar-refractivity contribution is -0.122. The number of rotatable bonds is 9. The summed E-state index contributed by atoms with van der Waals surface area (Å²) in [6.45, 7) is 4.67. The topological polar surface area (TPSA) is 105 Å². The number of fused-ring (bicyclic) bond motifs is 1. The van der Waals surface area contributed by atoms with Gasteiger partial charge >= 0.3 is 0 Å². The lowest BCUT2D eigenvalue weighted by atomic mass is 10.1. The van der Waals surface area contributed by atoms with Crippen molar-refractivity contribution in [1.82, 2.24) is 9.62 Å². The van der Waals surface area contributed by atoms with Gasteiger partial charge in [0.1, 0.15) is 0 Å². The minimum Gasteiger partial charge on any atom is -0.493 e. The van der Waals surface area contributed by atoms with Gasteiger partial charge in [-0.1, -0.05) is 13.8 Å². The third-order valence-corrected chi connectivity index (χ3v) is 7.63. The number of hydrogen-bond donors (Lipinski definition) is 1. The Kier molecular flexibility index (Phi) is 7.60. The van der Waals surface area contributed by atoms with Crippen molar-refractivity contribution in [1.29, 1.82) is 0 Å². The van der Waals surface area contributed by atoms with Crippen LogP contribution in [0.25, 0.3) is 0 Å².